The second-order valence-electron chi connectivity index (χ2n) is 5.44. The molecular formula is C15H23NO. The molecular weight excluding hydrogens is 210 g/mol. The van der Waals surface area contributed by atoms with Crippen molar-refractivity contribution >= 4 is 0 Å². The minimum atomic E-state index is 0.480. The summed E-state index contributed by atoms with van der Waals surface area (Å²) in [5.41, 5.74) is 2.33. The summed E-state index contributed by atoms with van der Waals surface area (Å²) in [5.74, 6) is 1.69. The predicted octanol–water partition coefficient (Wildman–Crippen LogP) is 3.06. The average molecular weight is 233 g/mol. The highest BCUT2D eigenvalue weighted by molar-refractivity contribution is 5.37. The monoisotopic (exact) mass is 233 g/mol. The van der Waals surface area contributed by atoms with E-state index < -0.39 is 0 Å². The molecule has 0 unspecified atom stereocenters. The third-order valence-corrected chi connectivity index (χ3v) is 3.74. The quantitative estimate of drug-likeness (QED) is 0.841. The Labute approximate surface area is 104 Å². The fourth-order valence-corrected chi connectivity index (χ4v) is 2.51. The highest BCUT2D eigenvalue weighted by Gasteiger charge is 2.15. The molecule has 0 radical (unpaired) electrons. The molecule has 0 aromatic heterocycles. The van der Waals surface area contributed by atoms with E-state index in [1.54, 1.807) is 0 Å². The van der Waals surface area contributed by atoms with Gasteiger partial charge in [0.1, 0.15) is 5.75 Å². The van der Waals surface area contributed by atoms with Crippen LogP contribution >= 0.6 is 0 Å². The molecule has 0 saturated carbocycles. The lowest BCUT2D eigenvalue weighted by Gasteiger charge is -2.23. The molecule has 0 bridgehead atoms. The molecule has 2 rings (SSSR count). The van der Waals surface area contributed by atoms with Crippen molar-refractivity contribution in [2.24, 2.45) is 5.92 Å². The number of hydrogen-bond donors (Lipinski definition) is 2. The fraction of sp³-hybridized carbons (Fsp3) is 0.600. The molecule has 94 valence electrons. The normalized spacial score (nSPS) is 17.6. The van der Waals surface area contributed by atoms with Crippen LogP contribution in [0.2, 0.25) is 0 Å². The van der Waals surface area contributed by atoms with Gasteiger partial charge in [0.15, 0.2) is 0 Å². The molecule has 17 heavy (non-hydrogen) atoms. The van der Waals surface area contributed by atoms with E-state index in [0.29, 0.717) is 11.7 Å². The lowest BCUT2D eigenvalue weighted by molar-refractivity contribution is 0.366. The standard InChI is InChI=1S/C15H23NO/c1-11(2)13-3-4-14(15(17)10-13)9-12-5-7-16-8-6-12/h3-4,10-12,16-17H,5-9H2,1-2H3. The molecule has 1 aromatic carbocycles. The molecule has 1 saturated heterocycles. The number of phenols is 1. The van der Waals surface area contributed by atoms with Crippen molar-refractivity contribution < 1.29 is 5.11 Å². The lowest BCUT2D eigenvalue weighted by atomic mass is 9.89. The van der Waals surface area contributed by atoms with Gasteiger partial charge < -0.3 is 10.4 Å². The molecule has 0 aliphatic carbocycles. The van der Waals surface area contributed by atoms with Gasteiger partial charge in [-0.15, -0.1) is 0 Å². The zero-order valence-electron chi connectivity index (χ0n) is 10.9. The van der Waals surface area contributed by atoms with Crippen LogP contribution in [0.5, 0.6) is 5.75 Å². The molecule has 2 nitrogen and oxygen atoms in total. The number of phenolic OH excluding ortho intramolecular Hbond substituents is 1. The van der Waals surface area contributed by atoms with E-state index in [1.165, 1.54) is 18.4 Å². The van der Waals surface area contributed by atoms with Gasteiger partial charge in [-0.05, 0) is 61.4 Å². The highest BCUT2D eigenvalue weighted by Crippen LogP contribution is 2.27. The van der Waals surface area contributed by atoms with Crippen LogP contribution in [0.25, 0.3) is 0 Å². The summed E-state index contributed by atoms with van der Waals surface area (Å²) >= 11 is 0. The molecule has 1 aliphatic rings. The van der Waals surface area contributed by atoms with Gasteiger partial charge in [-0.2, -0.15) is 0 Å². The van der Waals surface area contributed by atoms with Crippen LogP contribution in [0.3, 0.4) is 0 Å². The van der Waals surface area contributed by atoms with Crippen LogP contribution in [-0.4, -0.2) is 18.2 Å². The first kappa shape index (κ1) is 12.4. The average Bonchev–Trinajstić information content (AvgIpc) is 2.33. The van der Waals surface area contributed by atoms with Gasteiger partial charge >= 0.3 is 0 Å². The van der Waals surface area contributed by atoms with Gasteiger partial charge in [-0.1, -0.05) is 26.0 Å². The van der Waals surface area contributed by atoms with Crippen LogP contribution in [0, 0.1) is 5.92 Å². The summed E-state index contributed by atoms with van der Waals surface area (Å²) in [5, 5.41) is 13.4. The van der Waals surface area contributed by atoms with Crippen LogP contribution < -0.4 is 5.32 Å². The van der Waals surface area contributed by atoms with Crippen LogP contribution in [-0.2, 0) is 6.42 Å². The maximum atomic E-state index is 10.1. The van der Waals surface area contributed by atoms with Crippen molar-refractivity contribution in [3.8, 4) is 5.75 Å². The van der Waals surface area contributed by atoms with Crippen molar-refractivity contribution in [3.63, 3.8) is 0 Å². The lowest BCUT2D eigenvalue weighted by Crippen LogP contribution is -2.28. The number of aromatic hydroxyl groups is 1. The van der Waals surface area contributed by atoms with Gasteiger partial charge in [-0.3, -0.25) is 0 Å². The topological polar surface area (TPSA) is 32.3 Å². The number of piperidine rings is 1. The van der Waals surface area contributed by atoms with E-state index in [9.17, 15) is 5.11 Å². The van der Waals surface area contributed by atoms with Crippen LogP contribution in [0.15, 0.2) is 18.2 Å². The summed E-state index contributed by atoms with van der Waals surface area (Å²) in [6, 6.07) is 6.19. The van der Waals surface area contributed by atoms with E-state index >= 15 is 0 Å². The van der Waals surface area contributed by atoms with E-state index in [1.807, 2.05) is 6.07 Å². The molecule has 2 heteroatoms. The van der Waals surface area contributed by atoms with Gasteiger partial charge in [0.2, 0.25) is 0 Å². The maximum absolute atomic E-state index is 10.1. The van der Waals surface area contributed by atoms with E-state index in [2.05, 4.69) is 31.3 Å². The fourth-order valence-electron chi connectivity index (χ4n) is 2.51. The maximum Gasteiger partial charge on any atom is 0.119 e. The number of benzene rings is 1. The zero-order chi connectivity index (χ0) is 12.3. The second kappa shape index (κ2) is 5.54. The molecule has 0 atom stereocenters. The Morgan fingerprint density at radius 3 is 2.59 bits per heavy atom. The summed E-state index contributed by atoms with van der Waals surface area (Å²) in [6.07, 6.45) is 3.47. The van der Waals surface area contributed by atoms with Crippen molar-refractivity contribution in [2.45, 2.75) is 39.0 Å². The van der Waals surface area contributed by atoms with Crippen LogP contribution in [0.4, 0.5) is 0 Å². The van der Waals surface area contributed by atoms with Crippen molar-refractivity contribution in [1.29, 1.82) is 0 Å². The Morgan fingerprint density at radius 1 is 1.29 bits per heavy atom. The molecule has 2 N–H and O–H groups in total. The van der Waals surface area contributed by atoms with Crippen LogP contribution in [0.1, 0.15) is 43.7 Å². The van der Waals surface area contributed by atoms with Gasteiger partial charge in [-0.25, -0.2) is 0 Å². The smallest absolute Gasteiger partial charge is 0.119 e. The molecule has 1 aromatic rings. The van der Waals surface area contributed by atoms with E-state index in [0.717, 1.165) is 31.0 Å². The molecule has 1 heterocycles. The SMILES string of the molecule is CC(C)c1ccc(CC2CCNCC2)c(O)c1. The zero-order valence-corrected chi connectivity index (χ0v) is 10.9. The first-order chi connectivity index (χ1) is 8.16. The largest absolute Gasteiger partial charge is 0.508 e. The minimum absolute atomic E-state index is 0.480. The summed E-state index contributed by atoms with van der Waals surface area (Å²) < 4.78 is 0. The van der Waals surface area contributed by atoms with Gasteiger partial charge in [0, 0.05) is 0 Å². The highest BCUT2D eigenvalue weighted by atomic mass is 16.3. The molecule has 1 aliphatic heterocycles. The van der Waals surface area contributed by atoms with Gasteiger partial charge in [0.05, 0.1) is 0 Å². The Bertz CT molecular complexity index is 367. The first-order valence-corrected chi connectivity index (χ1v) is 6.69. The summed E-state index contributed by atoms with van der Waals surface area (Å²) in [6.45, 7) is 6.55. The van der Waals surface area contributed by atoms with Crippen molar-refractivity contribution in [3.05, 3.63) is 29.3 Å². The summed E-state index contributed by atoms with van der Waals surface area (Å²) in [7, 11) is 0. The molecule has 1 fully saturated rings. The van der Waals surface area contributed by atoms with Crippen molar-refractivity contribution in [1.82, 2.24) is 5.32 Å². The summed E-state index contributed by atoms with van der Waals surface area (Å²) in [4.78, 5) is 0. The third-order valence-electron chi connectivity index (χ3n) is 3.74. The minimum Gasteiger partial charge on any atom is -0.508 e. The van der Waals surface area contributed by atoms with E-state index in [-0.39, 0.29) is 0 Å². The Hall–Kier alpha value is -1.02. The molecule has 0 spiro atoms. The Kier molecular flexibility index (Phi) is 4.06. The number of nitrogens with one attached hydrogen (secondary N) is 1. The Balaban J connectivity index is 2.05. The number of hydrogen-bond acceptors (Lipinski definition) is 2. The second-order valence-corrected chi connectivity index (χ2v) is 5.44. The van der Waals surface area contributed by atoms with Crippen molar-refractivity contribution in [2.75, 3.05) is 13.1 Å². The molecule has 0 amide bonds. The van der Waals surface area contributed by atoms with Gasteiger partial charge in [0.25, 0.3) is 0 Å². The third kappa shape index (κ3) is 3.22. The Morgan fingerprint density at radius 2 is 2.00 bits per heavy atom. The van der Waals surface area contributed by atoms with E-state index in [4.69, 9.17) is 0 Å². The first-order valence-electron chi connectivity index (χ1n) is 6.69. The number of rotatable bonds is 3. The predicted molar refractivity (Wildman–Crippen MR) is 71.5 cm³/mol.